The Morgan fingerprint density at radius 2 is 1.81 bits per heavy atom. The molecule has 0 atom stereocenters. The third kappa shape index (κ3) is 4.45. The Morgan fingerprint density at radius 3 is 2.50 bits per heavy atom. The molecule has 0 aliphatic rings. The van der Waals surface area contributed by atoms with Gasteiger partial charge in [0.25, 0.3) is 5.91 Å². The zero-order valence-corrected chi connectivity index (χ0v) is 18.5. The van der Waals surface area contributed by atoms with E-state index in [0.717, 1.165) is 15.8 Å². The molecule has 32 heavy (non-hydrogen) atoms. The molecule has 2 aromatic heterocycles. The number of aromatic nitrogens is 2. The molecule has 0 aliphatic carbocycles. The lowest BCUT2D eigenvalue weighted by Crippen LogP contribution is -2.30. The number of hydrogen-bond acceptors (Lipinski definition) is 7. The van der Waals surface area contributed by atoms with Crippen molar-refractivity contribution in [3.05, 3.63) is 83.7 Å². The average molecular weight is 448 g/mol. The average Bonchev–Trinajstić information content (AvgIpc) is 3.27. The fraction of sp³-hybridized carbons (Fsp3) is 0.167. The first-order valence-electron chi connectivity index (χ1n) is 10.0. The number of carbonyl (C=O) groups excluding carboxylic acids is 2. The van der Waals surface area contributed by atoms with E-state index in [1.54, 1.807) is 41.6 Å². The van der Waals surface area contributed by atoms with Crippen LogP contribution in [0.3, 0.4) is 0 Å². The zero-order valence-electron chi connectivity index (χ0n) is 17.6. The number of amides is 1. The van der Waals surface area contributed by atoms with Gasteiger partial charge in [-0.3, -0.25) is 14.7 Å². The number of thiazole rings is 1. The van der Waals surface area contributed by atoms with Crippen LogP contribution in [0.15, 0.2) is 67.0 Å². The molecule has 4 rings (SSSR count). The summed E-state index contributed by atoms with van der Waals surface area (Å²) < 4.78 is 11.4. The third-order valence-corrected chi connectivity index (χ3v) is 5.81. The van der Waals surface area contributed by atoms with Gasteiger partial charge in [0.2, 0.25) is 0 Å². The fourth-order valence-corrected chi connectivity index (χ4v) is 4.20. The van der Waals surface area contributed by atoms with Gasteiger partial charge in [-0.1, -0.05) is 23.5 Å². The van der Waals surface area contributed by atoms with Crippen molar-refractivity contribution in [2.24, 2.45) is 0 Å². The molecule has 0 fully saturated rings. The highest BCUT2D eigenvalue weighted by Gasteiger charge is 2.23. The summed E-state index contributed by atoms with van der Waals surface area (Å²) in [6, 6.07) is 15.9. The van der Waals surface area contributed by atoms with E-state index in [4.69, 9.17) is 14.5 Å². The van der Waals surface area contributed by atoms with Crippen LogP contribution in [0.2, 0.25) is 0 Å². The molecule has 4 aromatic rings. The first-order valence-corrected chi connectivity index (χ1v) is 10.8. The van der Waals surface area contributed by atoms with Gasteiger partial charge in [-0.25, -0.2) is 9.78 Å². The molecule has 0 bridgehead atoms. The molecule has 7 nitrogen and oxygen atoms in total. The Bertz CT molecular complexity index is 1240. The van der Waals surface area contributed by atoms with Crippen molar-refractivity contribution < 1.29 is 19.1 Å². The fourth-order valence-electron chi connectivity index (χ4n) is 3.22. The van der Waals surface area contributed by atoms with E-state index >= 15 is 0 Å². The van der Waals surface area contributed by atoms with Gasteiger partial charge in [0.05, 0.1) is 30.5 Å². The number of rotatable bonds is 7. The summed E-state index contributed by atoms with van der Waals surface area (Å²) in [6.07, 6.45) is 3.41. The predicted molar refractivity (Wildman–Crippen MR) is 123 cm³/mol. The Hall–Kier alpha value is -3.78. The van der Waals surface area contributed by atoms with E-state index in [0.29, 0.717) is 35.2 Å². The van der Waals surface area contributed by atoms with E-state index in [-0.39, 0.29) is 5.91 Å². The summed E-state index contributed by atoms with van der Waals surface area (Å²) in [7, 11) is 1.32. The summed E-state index contributed by atoms with van der Waals surface area (Å²) in [6.45, 7) is 2.74. The molecule has 1 amide bonds. The molecule has 0 spiro atoms. The predicted octanol–water partition coefficient (Wildman–Crippen LogP) is 4.72. The number of ether oxygens (including phenoxy) is 2. The number of para-hydroxylation sites is 1. The standard InChI is InChI=1S/C24H21N3O4S/c1-3-31-19-7-4-8-20-21(19)26-24(32-20)27(15-16-6-5-13-25-14-16)22(28)17-9-11-18(12-10-17)23(29)30-2/h4-14H,3,15H2,1-2H3. The zero-order chi connectivity index (χ0) is 22.5. The molecule has 2 heterocycles. The maximum Gasteiger partial charge on any atom is 0.337 e. The number of methoxy groups -OCH3 is 1. The minimum atomic E-state index is -0.453. The smallest absolute Gasteiger partial charge is 0.337 e. The van der Waals surface area contributed by atoms with E-state index in [9.17, 15) is 9.59 Å². The summed E-state index contributed by atoms with van der Waals surface area (Å²) in [4.78, 5) is 35.8. The van der Waals surface area contributed by atoms with Crippen LogP contribution in [0.1, 0.15) is 33.2 Å². The van der Waals surface area contributed by atoms with Crippen molar-refractivity contribution in [3.63, 3.8) is 0 Å². The molecule has 0 N–H and O–H groups in total. The minimum absolute atomic E-state index is 0.234. The molecule has 0 radical (unpaired) electrons. The number of anilines is 1. The van der Waals surface area contributed by atoms with Gasteiger partial charge in [0, 0.05) is 18.0 Å². The molecule has 0 aliphatic heterocycles. The SMILES string of the molecule is CCOc1cccc2sc(N(Cc3cccnc3)C(=O)c3ccc(C(=O)OC)cc3)nc12. The van der Waals surface area contributed by atoms with E-state index in [2.05, 4.69) is 4.98 Å². The van der Waals surface area contributed by atoms with Crippen LogP contribution in [0.25, 0.3) is 10.2 Å². The molecule has 0 saturated heterocycles. The van der Waals surface area contributed by atoms with Crippen LogP contribution in [0.5, 0.6) is 5.75 Å². The normalized spacial score (nSPS) is 10.7. The summed E-state index contributed by atoms with van der Waals surface area (Å²) in [5.74, 6) is -0.00293. The Morgan fingerprint density at radius 1 is 1.03 bits per heavy atom. The second kappa shape index (κ2) is 9.57. The summed E-state index contributed by atoms with van der Waals surface area (Å²) >= 11 is 1.42. The van der Waals surface area contributed by atoms with Gasteiger partial charge >= 0.3 is 5.97 Å². The highest BCUT2D eigenvalue weighted by atomic mass is 32.1. The second-order valence-electron chi connectivity index (χ2n) is 6.85. The Kier molecular flexibility index (Phi) is 6.42. The number of fused-ring (bicyclic) bond motifs is 1. The lowest BCUT2D eigenvalue weighted by atomic mass is 10.1. The van der Waals surface area contributed by atoms with Crippen LogP contribution in [-0.4, -0.2) is 35.6 Å². The van der Waals surface area contributed by atoms with Crippen molar-refractivity contribution in [2.45, 2.75) is 13.5 Å². The quantitative estimate of drug-likeness (QED) is 0.381. The van der Waals surface area contributed by atoms with Gasteiger partial charge in [0.15, 0.2) is 5.13 Å². The van der Waals surface area contributed by atoms with E-state index in [1.807, 2.05) is 37.3 Å². The van der Waals surface area contributed by atoms with Crippen molar-refractivity contribution in [2.75, 3.05) is 18.6 Å². The van der Waals surface area contributed by atoms with Crippen molar-refractivity contribution >= 4 is 38.6 Å². The van der Waals surface area contributed by atoms with Crippen LogP contribution in [0.4, 0.5) is 5.13 Å². The number of nitrogens with zero attached hydrogens (tertiary/aromatic N) is 3. The van der Waals surface area contributed by atoms with Gasteiger partial charge < -0.3 is 9.47 Å². The molecule has 162 valence electrons. The van der Waals surface area contributed by atoms with Gasteiger partial charge in [-0.15, -0.1) is 0 Å². The number of pyridine rings is 1. The lowest BCUT2D eigenvalue weighted by Gasteiger charge is -2.20. The molecule has 0 unspecified atom stereocenters. The maximum absolute atomic E-state index is 13.5. The molecule has 8 heteroatoms. The maximum atomic E-state index is 13.5. The van der Waals surface area contributed by atoms with Crippen molar-refractivity contribution in [1.82, 2.24) is 9.97 Å². The second-order valence-corrected chi connectivity index (χ2v) is 7.86. The van der Waals surface area contributed by atoms with Gasteiger partial charge in [-0.05, 0) is 55.0 Å². The summed E-state index contributed by atoms with van der Waals surface area (Å²) in [5.41, 5.74) is 2.41. The van der Waals surface area contributed by atoms with Gasteiger partial charge in [-0.2, -0.15) is 0 Å². The Balaban J connectivity index is 1.73. The van der Waals surface area contributed by atoms with E-state index in [1.165, 1.54) is 18.4 Å². The summed E-state index contributed by atoms with van der Waals surface area (Å²) in [5, 5.41) is 0.554. The number of hydrogen-bond donors (Lipinski definition) is 0. The highest BCUT2D eigenvalue weighted by molar-refractivity contribution is 7.22. The lowest BCUT2D eigenvalue weighted by molar-refractivity contribution is 0.0600. The number of benzene rings is 2. The van der Waals surface area contributed by atoms with Crippen LogP contribution in [0, 0.1) is 0 Å². The highest BCUT2D eigenvalue weighted by Crippen LogP contribution is 2.35. The largest absolute Gasteiger partial charge is 0.492 e. The third-order valence-electron chi connectivity index (χ3n) is 4.76. The van der Waals surface area contributed by atoms with Crippen molar-refractivity contribution in [3.8, 4) is 5.75 Å². The van der Waals surface area contributed by atoms with Crippen LogP contribution < -0.4 is 9.64 Å². The van der Waals surface area contributed by atoms with E-state index < -0.39 is 5.97 Å². The molecular weight excluding hydrogens is 426 g/mol. The number of esters is 1. The number of carbonyl (C=O) groups is 2. The van der Waals surface area contributed by atoms with Gasteiger partial charge in [0.1, 0.15) is 11.3 Å². The van der Waals surface area contributed by atoms with Crippen LogP contribution in [-0.2, 0) is 11.3 Å². The molecular formula is C24H21N3O4S. The minimum Gasteiger partial charge on any atom is -0.492 e. The monoisotopic (exact) mass is 447 g/mol. The molecule has 0 saturated carbocycles. The first-order chi connectivity index (χ1) is 15.6. The Labute approximate surface area is 189 Å². The van der Waals surface area contributed by atoms with Crippen LogP contribution >= 0.6 is 11.3 Å². The van der Waals surface area contributed by atoms with Crippen molar-refractivity contribution in [1.29, 1.82) is 0 Å². The first kappa shape index (κ1) is 21.5. The topological polar surface area (TPSA) is 81.6 Å². The molecule has 2 aromatic carbocycles.